The molecule has 0 aromatic heterocycles. The Morgan fingerprint density at radius 2 is 1.64 bits per heavy atom. The van der Waals surface area contributed by atoms with Gasteiger partial charge in [-0.1, -0.05) is 18.9 Å². The second-order valence-electron chi connectivity index (χ2n) is 2.65. The molecule has 1 nitrogen and oxygen atoms in total. The summed E-state index contributed by atoms with van der Waals surface area (Å²) < 4.78 is 0. The highest BCUT2D eigenvalue weighted by molar-refractivity contribution is 4.71. The molecule has 0 atom stereocenters. The van der Waals surface area contributed by atoms with Gasteiger partial charge in [-0.2, -0.15) is 0 Å². The van der Waals surface area contributed by atoms with Crippen LogP contribution in [0, 0.1) is 0 Å². The molecule has 0 aliphatic rings. The van der Waals surface area contributed by atoms with Crippen molar-refractivity contribution in [1.82, 2.24) is 0 Å². The minimum Gasteiger partial charge on any atom is -0.299 e. The summed E-state index contributed by atoms with van der Waals surface area (Å²) in [6, 6.07) is 0. The van der Waals surface area contributed by atoms with Crippen LogP contribution in [0.25, 0.3) is 0 Å². The molecule has 0 bridgehead atoms. The summed E-state index contributed by atoms with van der Waals surface area (Å²) in [7, 11) is 0. The number of allylic oxidation sites excluding steroid dienone is 2. The largest absolute Gasteiger partial charge is 0.299 e. The van der Waals surface area contributed by atoms with Gasteiger partial charge in [0.15, 0.2) is 0 Å². The summed E-state index contributed by atoms with van der Waals surface area (Å²) in [5.41, 5.74) is 0. The van der Waals surface area contributed by atoms with Crippen LogP contribution in [0.15, 0.2) is 25.0 Å². The molecule has 11 heavy (non-hydrogen) atoms. The number of hydrogen-bond acceptors (Lipinski definition) is 0. The molecule has 0 aromatic rings. The molecular formula is C10H17O. The van der Waals surface area contributed by atoms with Crippen LogP contribution in [0.1, 0.15) is 38.5 Å². The lowest BCUT2D eigenvalue weighted by Crippen LogP contribution is -1.75. The fourth-order valence-electron chi connectivity index (χ4n) is 0.972. The van der Waals surface area contributed by atoms with E-state index in [1.807, 2.05) is 6.08 Å². The third kappa shape index (κ3) is 9.28. The van der Waals surface area contributed by atoms with E-state index in [-0.39, 0.29) is 0 Å². The van der Waals surface area contributed by atoms with Crippen molar-refractivity contribution < 1.29 is 5.11 Å². The first-order valence-corrected chi connectivity index (χ1v) is 4.29. The van der Waals surface area contributed by atoms with Crippen LogP contribution < -0.4 is 0 Å². The zero-order valence-electron chi connectivity index (χ0n) is 7.09. The molecule has 0 fully saturated rings. The standard InChI is InChI=1S/C10H17O/c1-2-3-4-5-6-7-8-9-10-11/h2,9-10H,1,3-8H2. The highest BCUT2D eigenvalue weighted by Crippen LogP contribution is 2.05. The molecule has 0 unspecified atom stereocenters. The van der Waals surface area contributed by atoms with Crippen LogP contribution in [0.4, 0.5) is 0 Å². The van der Waals surface area contributed by atoms with E-state index in [1.165, 1.54) is 19.3 Å². The maximum atomic E-state index is 9.87. The highest BCUT2D eigenvalue weighted by atomic mass is 16.2. The zero-order chi connectivity index (χ0) is 8.36. The van der Waals surface area contributed by atoms with Gasteiger partial charge in [-0.25, -0.2) is 0 Å². The Morgan fingerprint density at radius 1 is 1.00 bits per heavy atom. The first-order chi connectivity index (χ1) is 5.41. The fraction of sp³-hybridized carbons (Fsp3) is 0.600. The van der Waals surface area contributed by atoms with E-state index in [9.17, 15) is 5.11 Å². The Bertz CT molecular complexity index is 105. The monoisotopic (exact) mass is 153 g/mol. The number of rotatable bonds is 7. The lowest BCUT2D eigenvalue weighted by molar-refractivity contribution is 0.349. The van der Waals surface area contributed by atoms with Crippen molar-refractivity contribution in [1.29, 1.82) is 0 Å². The lowest BCUT2D eigenvalue weighted by atomic mass is 10.1. The van der Waals surface area contributed by atoms with Crippen LogP contribution in [0.2, 0.25) is 0 Å². The van der Waals surface area contributed by atoms with Crippen LogP contribution in [-0.2, 0) is 5.11 Å². The van der Waals surface area contributed by atoms with Gasteiger partial charge >= 0.3 is 0 Å². The molecule has 0 aliphatic heterocycles. The lowest BCUT2D eigenvalue weighted by Gasteiger charge is -1.95. The molecule has 1 heteroatoms. The van der Waals surface area contributed by atoms with Crippen molar-refractivity contribution in [2.24, 2.45) is 0 Å². The molecule has 0 rings (SSSR count). The van der Waals surface area contributed by atoms with Gasteiger partial charge in [0.25, 0.3) is 0 Å². The van der Waals surface area contributed by atoms with Gasteiger partial charge in [0.1, 0.15) is 6.26 Å². The fourth-order valence-corrected chi connectivity index (χ4v) is 0.972. The molecule has 0 heterocycles. The molecular weight excluding hydrogens is 136 g/mol. The van der Waals surface area contributed by atoms with Crippen LogP contribution in [0.5, 0.6) is 0 Å². The van der Waals surface area contributed by atoms with E-state index in [0.717, 1.165) is 25.5 Å². The van der Waals surface area contributed by atoms with Gasteiger partial charge in [-0.15, -0.1) is 6.58 Å². The van der Waals surface area contributed by atoms with Crippen LogP contribution in [-0.4, -0.2) is 0 Å². The van der Waals surface area contributed by atoms with E-state index in [1.54, 1.807) is 6.08 Å². The average Bonchev–Trinajstić information content (AvgIpc) is 2.03. The Kier molecular flexibility index (Phi) is 8.67. The summed E-state index contributed by atoms with van der Waals surface area (Å²) in [6.45, 7) is 3.66. The molecule has 0 saturated carbocycles. The quantitative estimate of drug-likeness (QED) is 0.303. The number of hydrogen-bond donors (Lipinski definition) is 0. The van der Waals surface area contributed by atoms with Crippen molar-refractivity contribution in [3.63, 3.8) is 0 Å². The summed E-state index contributed by atoms with van der Waals surface area (Å²) >= 11 is 0. The highest BCUT2D eigenvalue weighted by Gasteiger charge is 1.86. The molecule has 0 aliphatic carbocycles. The van der Waals surface area contributed by atoms with E-state index in [4.69, 9.17) is 0 Å². The Labute approximate surface area is 69.4 Å². The van der Waals surface area contributed by atoms with Crippen molar-refractivity contribution in [3.05, 3.63) is 25.0 Å². The van der Waals surface area contributed by atoms with Crippen LogP contribution >= 0.6 is 0 Å². The third-order valence-corrected chi connectivity index (χ3v) is 1.63. The van der Waals surface area contributed by atoms with Crippen molar-refractivity contribution in [2.75, 3.05) is 0 Å². The van der Waals surface area contributed by atoms with E-state index < -0.39 is 0 Å². The second kappa shape index (κ2) is 9.28. The molecule has 0 amide bonds. The molecule has 1 radical (unpaired) electrons. The van der Waals surface area contributed by atoms with Crippen molar-refractivity contribution >= 4 is 0 Å². The first-order valence-electron chi connectivity index (χ1n) is 4.29. The van der Waals surface area contributed by atoms with E-state index >= 15 is 0 Å². The Hall–Kier alpha value is -0.720. The maximum Gasteiger partial charge on any atom is 0.138 e. The van der Waals surface area contributed by atoms with Gasteiger partial charge in [0.05, 0.1) is 0 Å². The second-order valence-corrected chi connectivity index (χ2v) is 2.65. The van der Waals surface area contributed by atoms with Crippen molar-refractivity contribution in [3.8, 4) is 0 Å². The summed E-state index contributed by atoms with van der Waals surface area (Å²) in [6.07, 6.45) is 11.5. The van der Waals surface area contributed by atoms with E-state index in [0.29, 0.717) is 0 Å². The van der Waals surface area contributed by atoms with Crippen molar-refractivity contribution in [2.45, 2.75) is 38.5 Å². The van der Waals surface area contributed by atoms with Gasteiger partial charge < -0.3 is 0 Å². The maximum absolute atomic E-state index is 9.87. The average molecular weight is 153 g/mol. The Morgan fingerprint density at radius 3 is 2.18 bits per heavy atom. The van der Waals surface area contributed by atoms with E-state index in [2.05, 4.69) is 6.58 Å². The smallest absolute Gasteiger partial charge is 0.138 e. The third-order valence-electron chi connectivity index (χ3n) is 1.63. The molecule has 0 N–H and O–H groups in total. The van der Waals surface area contributed by atoms with Gasteiger partial charge in [0, 0.05) is 0 Å². The topological polar surface area (TPSA) is 19.9 Å². The molecule has 0 saturated heterocycles. The molecule has 0 aromatic carbocycles. The predicted molar refractivity (Wildman–Crippen MR) is 47.7 cm³/mol. The zero-order valence-corrected chi connectivity index (χ0v) is 7.09. The summed E-state index contributed by atoms with van der Waals surface area (Å²) in [4.78, 5) is 0. The summed E-state index contributed by atoms with van der Waals surface area (Å²) in [5, 5.41) is 9.87. The van der Waals surface area contributed by atoms with Gasteiger partial charge in [-0.05, 0) is 31.8 Å². The minimum absolute atomic E-state index is 0.879. The van der Waals surface area contributed by atoms with Gasteiger partial charge in [-0.3, -0.25) is 5.11 Å². The Balaban J connectivity index is 2.84. The molecule has 0 spiro atoms. The number of unbranched alkanes of at least 4 members (excludes halogenated alkanes) is 5. The van der Waals surface area contributed by atoms with Gasteiger partial charge in [0.2, 0.25) is 0 Å². The first kappa shape index (κ1) is 10.3. The predicted octanol–water partition coefficient (Wildman–Crippen LogP) is 3.46. The SMILES string of the molecule is C=CCCCCCCC=C[O]. The molecule has 63 valence electrons. The minimum atomic E-state index is 0.879. The normalized spacial score (nSPS) is 10.5. The summed E-state index contributed by atoms with van der Waals surface area (Å²) in [5.74, 6) is 0. The van der Waals surface area contributed by atoms with Crippen LogP contribution in [0.3, 0.4) is 0 Å².